The number of ether oxygens (including phenoxy) is 4. The number of hydrogen-bond acceptors (Lipinski definition) is 10. The zero-order chi connectivity index (χ0) is 34.3. The van der Waals surface area contributed by atoms with E-state index in [2.05, 4.69) is 16.0 Å². The minimum absolute atomic E-state index is 0.00671. The first-order valence-corrected chi connectivity index (χ1v) is 15.3. The van der Waals surface area contributed by atoms with Crippen LogP contribution in [0.4, 0.5) is 4.79 Å². The molecule has 1 atom stereocenters. The van der Waals surface area contributed by atoms with E-state index in [-0.39, 0.29) is 44.4 Å². The van der Waals surface area contributed by atoms with Crippen molar-refractivity contribution in [3.8, 4) is 0 Å². The Bertz CT molecular complexity index is 1050. The van der Waals surface area contributed by atoms with Crippen molar-refractivity contribution in [3.05, 3.63) is 12.2 Å². The van der Waals surface area contributed by atoms with E-state index < -0.39 is 46.7 Å². The zero-order valence-corrected chi connectivity index (χ0v) is 28.0. The summed E-state index contributed by atoms with van der Waals surface area (Å²) >= 11 is 0. The molecule has 1 rings (SSSR count). The van der Waals surface area contributed by atoms with Crippen LogP contribution in [-0.4, -0.2) is 103 Å². The van der Waals surface area contributed by atoms with Crippen molar-refractivity contribution in [2.24, 2.45) is 0 Å². The van der Waals surface area contributed by atoms with Crippen LogP contribution in [0.15, 0.2) is 12.2 Å². The second-order valence-corrected chi connectivity index (χ2v) is 13.0. The summed E-state index contributed by atoms with van der Waals surface area (Å²) < 4.78 is 21.9. The van der Waals surface area contributed by atoms with Gasteiger partial charge in [-0.3, -0.25) is 24.1 Å². The lowest BCUT2D eigenvalue weighted by Gasteiger charge is -2.30. The Labute approximate surface area is 266 Å². The number of esters is 1. The molecule has 5 amide bonds. The van der Waals surface area contributed by atoms with E-state index in [4.69, 9.17) is 18.9 Å². The maximum atomic E-state index is 12.8. The molecule has 1 unspecified atom stereocenters. The van der Waals surface area contributed by atoms with Crippen molar-refractivity contribution in [1.29, 1.82) is 0 Å². The Balaban J connectivity index is 2.33. The number of nitrogens with one attached hydrogen (secondary N) is 3. The third kappa shape index (κ3) is 17.5. The van der Waals surface area contributed by atoms with Gasteiger partial charge in [0.1, 0.15) is 11.6 Å². The number of alkyl carbamates (subject to hydrolysis) is 1. The highest BCUT2D eigenvalue weighted by Gasteiger charge is 2.28. The summed E-state index contributed by atoms with van der Waals surface area (Å²) in [7, 11) is 1.26. The third-order valence-electron chi connectivity index (χ3n) is 6.57. The van der Waals surface area contributed by atoms with Crippen molar-refractivity contribution in [2.45, 2.75) is 110 Å². The first-order chi connectivity index (χ1) is 20.8. The van der Waals surface area contributed by atoms with E-state index in [1.54, 1.807) is 34.6 Å². The van der Waals surface area contributed by atoms with Gasteiger partial charge in [-0.1, -0.05) is 0 Å². The van der Waals surface area contributed by atoms with Gasteiger partial charge in [0.25, 0.3) is 11.8 Å². The maximum absolute atomic E-state index is 12.8. The van der Waals surface area contributed by atoms with Gasteiger partial charge in [0.2, 0.25) is 11.8 Å². The molecular formula is C31H52N4O10. The van der Waals surface area contributed by atoms with Crippen molar-refractivity contribution < 1.29 is 47.7 Å². The van der Waals surface area contributed by atoms with Crippen molar-refractivity contribution >= 4 is 35.7 Å². The summed E-state index contributed by atoms with van der Waals surface area (Å²) in [4.78, 5) is 72.9. The van der Waals surface area contributed by atoms with E-state index in [1.807, 2.05) is 13.8 Å². The number of carbonyl (C=O) groups excluding carboxylic acids is 6. The predicted octanol–water partition coefficient (Wildman–Crippen LogP) is 2.14. The molecule has 0 aromatic heterocycles. The van der Waals surface area contributed by atoms with Gasteiger partial charge in [-0.2, -0.15) is 0 Å². The number of imide groups is 1. The van der Waals surface area contributed by atoms with Gasteiger partial charge < -0.3 is 34.9 Å². The van der Waals surface area contributed by atoms with E-state index in [0.717, 1.165) is 4.90 Å². The molecule has 0 radical (unpaired) electrons. The molecule has 1 aliphatic heterocycles. The summed E-state index contributed by atoms with van der Waals surface area (Å²) in [5.74, 6) is -2.05. The summed E-state index contributed by atoms with van der Waals surface area (Å²) in [6.07, 6.45) is 3.87. The molecular weight excluding hydrogens is 588 g/mol. The molecule has 3 N–H and O–H groups in total. The molecule has 0 fully saturated rings. The highest BCUT2D eigenvalue weighted by molar-refractivity contribution is 6.13. The van der Waals surface area contributed by atoms with Crippen LogP contribution in [0.1, 0.15) is 87.0 Å². The van der Waals surface area contributed by atoms with Gasteiger partial charge in [-0.15, -0.1) is 0 Å². The van der Waals surface area contributed by atoms with Gasteiger partial charge in [-0.05, 0) is 74.1 Å². The third-order valence-corrected chi connectivity index (χ3v) is 6.57. The Morgan fingerprint density at radius 2 is 1.44 bits per heavy atom. The SMILES string of the molecule is COC(=O)C(CCCCNC(=O)OC(C)(C)C)NC(=O)CC(C)(C)OCCC(C)(C)OCCNC(=O)CCN1C(=O)C=CC1=O. The topological polar surface area (TPSA) is 179 Å². The molecule has 1 heterocycles. The van der Waals surface area contributed by atoms with Crippen LogP contribution < -0.4 is 16.0 Å². The van der Waals surface area contributed by atoms with Crippen molar-refractivity contribution in [2.75, 3.05) is 40.0 Å². The lowest BCUT2D eigenvalue weighted by Crippen LogP contribution is -2.44. The Morgan fingerprint density at radius 3 is 2.04 bits per heavy atom. The van der Waals surface area contributed by atoms with Gasteiger partial charge in [0.05, 0.1) is 37.9 Å². The Morgan fingerprint density at radius 1 is 0.822 bits per heavy atom. The Hall–Kier alpha value is -3.52. The highest BCUT2D eigenvalue weighted by atomic mass is 16.6. The molecule has 0 aromatic carbocycles. The Kier molecular flexibility index (Phi) is 16.2. The fraction of sp³-hybridized carbons (Fsp3) is 0.742. The molecule has 0 saturated heterocycles. The number of hydrogen-bond donors (Lipinski definition) is 3. The second kappa shape index (κ2) is 18.4. The molecule has 0 aliphatic carbocycles. The van der Waals surface area contributed by atoms with Crippen molar-refractivity contribution in [3.63, 3.8) is 0 Å². The first-order valence-electron chi connectivity index (χ1n) is 15.3. The minimum Gasteiger partial charge on any atom is -0.467 e. The fourth-order valence-electron chi connectivity index (χ4n) is 4.17. The molecule has 14 nitrogen and oxygen atoms in total. The normalized spacial score (nSPS) is 14.3. The number of nitrogens with zero attached hydrogens (tertiary/aromatic N) is 1. The van der Waals surface area contributed by atoms with E-state index in [1.165, 1.54) is 19.3 Å². The highest BCUT2D eigenvalue weighted by Crippen LogP contribution is 2.20. The molecule has 256 valence electrons. The van der Waals surface area contributed by atoms with E-state index in [9.17, 15) is 28.8 Å². The lowest BCUT2D eigenvalue weighted by atomic mass is 10.0. The van der Waals surface area contributed by atoms with Crippen LogP contribution in [0.25, 0.3) is 0 Å². The summed E-state index contributed by atoms with van der Waals surface area (Å²) in [6.45, 7) is 13.9. The van der Waals surface area contributed by atoms with Gasteiger partial charge in [0, 0.05) is 38.2 Å². The monoisotopic (exact) mass is 640 g/mol. The van der Waals surface area contributed by atoms with Crippen LogP contribution >= 0.6 is 0 Å². The van der Waals surface area contributed by atoms with Gasteiger partial charge in [-0.25, -0.2) is 9.59 Å². The van der Waals surface area contributed by atoms with Crippen molar-refractivity contribution in [1.82, 2.24) is 20.9 Å². The summed E-state index contributed by atoms with van der Waals surface area (Å²) in [5.41, 5.74) is -1.98. The average Bonchev–Trinajstić information content (AvgIpc) is 3.23. The number of carbonyl (C=O) groups is 6. The minimum atomic E-state index is -0.824. The second-order valence-electron chi connectivity index (χ2n) is 13.0. The van der Waals surface area contributed by atoms with Crippen LogP contribution in [0.3, 0.4) is 0 Å². The number of unbranched alkanes of at least 4 members (excludes halogenated alkanes) is 1. The molecule has 1 aliphatic rings. The quantitative estimate of drug-likeness (QED) is 0.101. The first kappa shape index (κ1) is 39.5. The van der Waals surface area contributed by atoms with Crippen LogP contribution in [0.2, 0.25) is 0 Å². The summed E-state index contributed by atoms with van der Waals surface area (Å²) in [6, 6.07) is -0.824. The smallest absolute Gasteiger partial charge is 0.407 e. The molecule has 0 aromatic rings. The molecule has 45 heavy (non-hydrogen) atoms. The molecule has 0 spiro atoms. The van der Waals surface area contributed by atoms with Crippen LogP contribution in [0.5, 0.6) is 0 Å². The number of rotatable bonds is 20. The van der Waals surface area contributed by atoms with Gasteiger partial charge >= 0.3 is 12.1 Å². The number of amides is 5. The average molecular weight is 641 g/mol. The zero-order valence-electron chi connectivity index (χ0n) is 28.0. The fourth-order valence-corrected chi connectivity index (χ4v) is 4.17. The summed E-state index contributed by atoms with van der Waals surface area (Å²) in [5, 5.41) is 8.10. The van der Waals surface area contributed by atoms with Crippen LogP contribution in [-0.2, 0) is 42.9 Å². The molecule has 0 saturated carbocycles. The lowest BCUT2D eigenvalue weighted by molar-refractivity contribution is -0.146. The van der Waals surface area contributed by atoms with Gasteiger partial charge in [0.15, 0.2) is 0 Å². The van der Waals surface area contributed by atoms with E-state index in [0.29, 0.717) is 38.8 Å². The van der Waals surface area contributed by atoms with Crippen LogP contribution in [0, 0.1) is 0 Å². The predicted molar refractivity (Wildman–Crippen MR) is 165 cm³/mol. The number of methoxy groups -OCH3 is 1. The molecule has 14 heteroatoms. The van der Waals surface area contributed by atoms with E-state index >= 15 is 0 Å². The standard InChI is InChI=1S/C31H52N4O10/c1-29(2,3)45-28(41)33-16-10-9-11-22(27(40)42-8)34-24(37)21-31(6,7)43-19-15-30(4,5)44-20-17-32-23(36)14-18-35-25(38)12-13-26(35)39/h12-13,22H,9-11,14-21H2,1-8H3,(H,32,36)(H,33,41)(H,34,37). The largest absolute Gasteiger partial charge is 0.467 e. The molecule has 0 bridgehead atoms. The maximum Gasteiger partial charge on any atom is 0.407 e.